The molecule has 1 amide bonds. The largest absolute Gasteiger partial charge is 0.530 e. The molecule has 6 nitrogen and oxygen atoms in total. The Hall–Kier alpha value is -2.55. The van der Waals surface area contributed by atoms with Crippen LogP contribution in [0.5, 0.6) is 5.75 Å². The average molecular weight is 431 g/mol. The van der Waals surface area contributed by atoms with Crippen LogP contribution in [0.2, 0.25) is 5.15 Å². The van der Waals surface area contributed by atoms with E-state index >= 15 is 0 Å². The van der Waals surface area contributed by atoms with Crippen LogP contribution >= 0.6 is 11.6 Å². The summed E-state index contributed by atoms with van der Waals surface area (Å²) in [6.45, 7) is 4.96. The maximum Gasteiger partial charge on any atom is 0.419 e. The van der Waals surface area contributed by atoms with Gasteiger partial charge in [-0.15, -0.1) is 0 Å². The molecular weight excluding hydrogens is 411 g/mol. The molecule has 0 radical (unpaired) electrons. The molecule has 0 aliphatic rings. The topological polar surface area (TPSA) is 87.2 Å². The fraction of sp³-hybridized carbons (Fsp3) is 0.421. The molecule has 0 saturated carbocycles. The lowest BCUT2D eigenvalue weighted by Gasteiger charge is -2.34. The van der Waals surface area contributed by atoms with Gasteiger partial charge in [-0.25, -0.2) is 9.97 Å². The number of hydrogen-bond donors (Lipinski definition) is 1. The first-order chi connectivity index (χ1) is 13.4. The van der Waals surface area contributed by atoms with Gasteiger partial charge in [0.15, 0.2) is 0 Å². The van der Waals surface area contributed by atoms with E-state index in [0.29, 0.717) is 6.42 Å². The minimum atomic E-state index is -4.70. The molecule has 1 heterocycles. The van der Waals surface area contributed by atoms with Gasteiger partial charge in [-0.1, -0.05) is 25.4 Å². The zero-order valence-electron chi connectivity index (χ0n) is 16.0. The molecule has 2 rings (SSSR count). The summed E-state index contributed by atoms with van der Waals surface area (Å²) in [6.07, 6.45) is -4.72. The first kappa shape index (κ1) is 22.7. The fourth-order valence-corrected chi connectivity index (χ4v) is 3.21. The normalized spacial score (nSPS) is 13.8. The van der Waals surface area contributed by atoms with E-state index in [0.717, 1.165) is 12.4 Å². The molecule has 29 heavy (non-hydrogen) atoms. The number of carbonyl (C=O) groups is 1. The molecule has 10 heteroatoms. The zero-order valence-corrected chi connectivity index (χ0v) is 16.8. The van der Waals surface area contributed by atoms with Crippen molar-refractivity contribution in [1.82, 2.24) is 15.3 Å². The second-order valence-electron chi connectivity index (χ2n) is 7.29. The van der Waals surface area contributed by atoms with Gasteiger partial charge in [0.1, 0.15) is 29.9 Å². The molecule has 1 aromatic heterocycles. The van der Waals surface area contributed by atoms with Crippen LogP contribution in [-0.4, -0.2) is 28.2 Å². The van der Waals surface area contributed by atoms with E-state index in [9.17, 15) is 23.1 Å². The van der Waals surface area contributed by atoms with Crippen LogP contribution in [-0.2, 0) is 6.18 Å². The quantitative estimate of drug-likeness (QED) is 0.672. The third-order valence-corrected chi connectivity index (χ3v) is 4.23. The minimum Gasteiger partial charge on any atom is -0.530 e. The highest BCUT2D eigenvalue weighted by Crippen LogP contribution is 2.39. The number of halogens is 4. The Morgan fingerprint density at radius 2 is 1.97 bits per heavy atom. The SMILES string of the molecule is CC(C)CC(C)(COc1ccc(-c2cc(Cl)ncn2)cc1C(F)(F)F)NC(=O)[O-]. The van der Waals surface area contributed by atoms with Crippen molar-refractivity contribution in [3.8, 4) is 17.0 Å². The van der Waals surface area contributed by atoms with Crippen LogP contribution in [0, 0.1) is 5.92 Å². The van der Waals surface area contributed by atoms with Crippen molar-refractivity contribution >= 4 is 17.7 Å². The lowest BCUT2D eigenvalue weighted by Crippen LogP contribution is -2.55. The first-order valence-corrected chi connectivity index (χ1v) is 9.08. The Morgan fingerprint density at radius 3 is 2.52 bits per heavy atom. The zero-order chi connectivity index (χ0) is 21.8. The number of carboxylic acid groups (broad SMARTS) is 1. The van der Waals surface area contributed by atoms with Gasteiger partial charge in [0.2, 0.25) is 0 Å². The van der Waals surface area contributed by atoms with Crippen LogP contribution in [0.4, 0.5) is 18.0 Å². The Balaban J connectivity index is 2.35. The summed E-state index contributed by atoms with van der Waals surface area (Å²) in [7, 11) is 0. The number of hydrogen-bond acceptors (Lipinski definition) is 5. The van der Waals surface area contributed by atoms with Gasteiger partial charge in [-0.05, 0) is 37.5 Å². The molecule has 0 aliphatic heterocycles. The van der Waals surface area contributed by atoms with E-state index < -0.39 is 29.1 Å². The summed E-state index contributed by atoms with van der Waals surface area (Å²) >= 11 is 5.78. The maximum absolute atomic E-state index is 13.6. The maximum atomic E-state index is 13.6. The summed E-state index contributed by atoms with van der Waals surface area (Å²) in [5, 5.41) is 13.3. The van der Waals surface area contributed by atoms with Crippen LogP contribution in [0.25, 0.3) is 11.3 Å². The van der Waals surface area contributed by atoms with E-state index in [4.69, 9.17) is 16.3 Å². The Morgan fingerprint density at radius 1 is 1.28 bits per heavy atom. The number of amides is 1. The predicted octanol–water partition coefficient (Wildman–Crippen LogP) is 3.93. The molecule has 0 saturated heterocycles. The summed E-state index contributed by atoms with van der Waals surface area (Å²) in [6, 6.07) is 4.83. The molecular formula is C19H20ClF3N3O3-. The van der Waals surface area contributed by atoms with E-state index in [-0.39, 0.29) is 28.9 Å². The first-order valence-electron chi connectivity index (χ1n) is 8.71. The summed E-state index contributed by atoms with van der Waals surface area (Å²) in [5.41, 5.74) is -1.71. The van der Waals surface area contributed by atoms with Crippen LogP contribution in [0.15, 0.2) is 30.6 Å². The van der Waals surface area contributed by atoms with Crippen molar-refractivity contribution in [2.75, 3.05) is 6.61 Å². The van der Waals surface area contributed by atoms with E-state index in [2.05, 4.69) is 15.3 Å². The van der Waals surface area contributed by atoms with Gasteiger partial charge in [0.25, 0.3) is 0 Å². The third-order valence-electron chi connectivity index (χ3n) is 4.02. The lowest BCUT2D eigenvalue weighted by atomic mass is 9.91. The number of ether oxygens (including phenoxy) is 1. The smallest absolute Gasteiger partial charge is 0.419 e. The number of carbonyl (C=O) groups excluding carboxylic acids is 1. The van der Waals surface area contributed by atoms with Crippen molar-refractivity contribution < 1.29 is 27.8 Å². The number of nitrogens with zero attached hydrogens (tertiary/aromatic N) is 2. The van der Waals surface area contributed by atoms with Gasteiger partial charge in [0, 0.05) is 11.6 Å². The highest BCUT2D eigenvalue weighted by molar-refractivity contribution is 6.29. The fourth-order valence-electron chi connectivity index (χ4n) is 3.06. The van der Waals surface area contributed by atoms with Crippen molar-refractivity contribution in [1.29, 1.82) is 0 Å². The lowest BCUT2D eigenvalue weighted by molar-refractivity contribution is -0.253. The summed E-state index contributed by atoms with van der Waals surface area (Å²) in [4.78, 5) is 18.6. The Bertz CT molecular complexity index is 877. The standard InChI is InChI=1S/C19H21ClF3N3O3/c1-11(2)8-18(3,26-17(27)28)9-29-15-5-4-12(6-13(15)19(21,22)23)14-7-16(20)25-10-24-14/h4-7,10-11,26H,8-9H2,1-3H3,(H,27,28)/p-1. The number of rotatable bonds is 7. The highest BCUT2D eigenvalue weighted by atomic mass is 35.5. The Labute approximate surface area is 171 Å². The van der Waals surface area contributed by atoms with Crippen molar-refractivity contribution in [2.24, 2.45) is 5.92 Å². The van der Waals surface area contributed by atoms with Crippen LogP contribution in [0.1, 0.15) is 32.8 Å². The number of benzene rings is 1. The molecule has 1 atom stereocenters. The monoisotopic (exact) mass is 430 g/mol. The van der Waals surface area contributed by atoms with E-state index in [1.54, 1.807) is 6.92 Å². The molecule has 0 spiro atoms. The second kappa shape index (κ2) is 8.86. The van der Waals surface area contributed by atoms with E-state index in [1.807, 2.05) is 13.8 Å². The minimum absolute atomic E-state index is 0.0717. The molecule has 158 valence electrons. The molecule has 0 aliphatic carbocycles. The van der Waals surface area contributed by atoms with Gasteiger partial charge >= 0.3 is 6.18 Å². The van der Waals surface area contributed by atoms with Crippen molar-refractivity contribution in [2.45, 2.75) is 38.9 Å². The predicted molar refractivity (Wildman–Crippen MR) is 99.4 cm³/mol. The summed E-state index contributed by atoms with van der Waals surface area (Å²) < 4.78 is 46.2. The number of aromatic nitrogens is 2. The average Bonchev–Trinajstić information content (AvgIpc) is 2.57. The number of alkyl halides is 3. The summed E-state index contributed by atoms with van der Waals surface area (Å²) in [5.74, 6) is -0.348. The number of nitrogens with one attached hydrogen (secondary N) is 1. The third kappa shape index (κ3) is 6.49. The molecule has 1 unspecified atom stereocenters. The molecule has 0 bridgehead atoms. The van der Waals surface area contributed by atoms with Gasteiger partial charge in [0.05, 0.1) is 16.8 Å². The Kier molecular flexibility index (Phi) is 6.94. The van der Waals surface area contributed by atoms with Crippen molar-refractivity contribution in [3.63, 3.8) is 0 Å². The van der Waals surface area contributed by atoms with Crippen molar-refractivity contribution in [3.05, 3.63) is 41.3 Å². The molecule has 1 N–H and O–H groups in total. The molecule has 2 aromatic rings. The van der Waals surface area contributed by atoms with Crippen LogP contribution in [0.3, 0.4) is 0 Å². The highest BCUT2D eigenvalue weighted by Gasteiger charge is 2.36. The van der Waals surface area contributed by atoms with Gasteiger partial charge < -0.3 is 20.0 Å². The van der Waals surface area contributed by atoms with Gasteiger partial charge in [-0.2, -0.15) is 13.2 Å². The van der Waals surface area contributed by atoms with Crippen LogP contribution < -0.4 is 15.2 Å². The second-order valence-corrected chi connectivity index (χ2v) is 7.68. The molecule has 0 fully saturated rings. The van der Waals surface area contributed by atoms with E-state index in [1.165, 1.54) is 18.2 Å². The van der Waals surface area contributed by atoms with Gasteiger partial charge in [-0.3, -0.25) is 0 Å². The molecule has 1 aromatic carbocycles.